The Labute approximate surface area is 141 Å². The maximum Gasteiger partial charge on any atom is 0.411 e. The van der Waals surface area contributed by atoms with Crippen LogP contribution >= 0.6 is 11.8 Å². The molecule has 1 unspecified atom stereocenters. The maximum absolute atomic E-state index is 12.5. The van der Waals surface area contributed by atoms with Gasteiger partial charge in [0.15, 0.2) is 0 Å². The highest BCUT2D eigenvalue weighted by atomic mass is 32.2. The summed E-state index contributed by atoms with van der Waals surface area (Å²) in [7, 11) is 0. The van der Waals surface area contributed by atoms with E-state index in [1.165, 1.54) is 10.5 Å². The number of thioether (sulfide) groups is 1. The van der Waals surface area contributed by atoms with Crippen molar-refractivity contribution in [2.75, 3.05) is 16.9 Å². The van der Waals surface area contributed by atoms with E-state index in [2.05, 4.69) is 5.32 Å². The van der Waals surface area contributed by atoms with Crippen LogP contribution in [0.25, 0.3) is 0 Å². The maximum atomic E-state index is 12.5. The third-order valence-electron chi connectivity index (χ3n) is 3.59. The molecule has 1 atom stereocenters. The van der Waals surface area contributed by atoms with Crippen molar-refractivity contribution in [3.05, 3.63) is 29.3 Å². The standard InChI is InChI=1S/C17H24N2O3S/c1-11-6-7-13(8-12(11)2)18-15(20)14-9-23-10-19(14)16(21)22-17(3,4)5/h6-8,14H,9-10H2,1-5H3,(H,18,20). The van der Waals surface area contributed by atoms with Crippen molar-refractivity contribution in [3.63, 3.8) is 0 Å². The lowest BCUT2D eigenvalue weighted by Crippen LogP contribution is -2.46. The van der Waals surface area contributed by atoms with Gasteiger partial charge in [-0.1, -0.05) is 6.07 Å². The highest BCUT2D eigenvalue weighted by Crippen LogP contribution is 2.25. The summed E-state index contributed by atoms with van der Waals surface area (Å²) in [6, 6.07) is 5.28. The van der Waals surface area contributed by atoms with Gasteiger partial charge < -0.3 is 10.1 Å². The summed E-state index contributed by atoms with van der Waals surface area (Å²) < 4.78 is 5.38. The van der Waals surface area contributed by atoms with E-state index in [0.717, 1.165) is 11.3 Å². The molecule has 2 amide bonds. The minimum atomic E-state index is -0.570. The molecule has 5 nitrogen and oxygen atoms in total. The molecule has 0 saturated carbocycles. The normalized spacial score (nSPS) is 18.0. The zero-order valence-electron chi connectivity index (χ0n) is 14.3. The van der Waals surface area contributed by atoms with E-state index in [4.69, 9.17) is 4.74 Å². The Bertz CT molecular complexity index is 610. The molecule has 0 spiro atoms. The predicted octanol–water partition coefficient (Wildman–Crippen LogP) is 3.55. The zero-order valence-corrected chi connectivity index (χ0v) is 15.1. The molecule has 23 heavy (non-hydrogen) atoms. The van der Waals surface area contributed by atoms with Crippen LogP contribution in [0.4, 0.5) is 10.5 Å². The van der Waals surface area contributed by atoms with Crippen molar-refractivity contribution in [1.29, 1.82) is 0 Å². The third kappa shape index (κ3) is 4.64. The molecule has 1 aliphatic rings. The Hall–Kier alpha value is -1.69. The molecule has 1 saturated heterocycles. The van der Waals surface area contributed by atoms with Crippen LogP contribution in [0.3, 0.4) is 0 Å². The number of hydrogen-bond donors (Lipinski definition) is 1. The number of nitrogens with zero attached hydrogens (tertiary/aromatic N) is 1. The number of ether oxygens (including phenoxy) is 1. The first-order chi connectivity index (χ1) is 10.7. The lowest BCUT2D eigenvalue weighted by molar-refractivity contribution is -0.120. The summed E-state index contributed by atoms with van der Waals surface area (Å²) in [4.78, 5) is 26.2. The number of amides is 2. The van der Waals surface area contributed by atoms with Crippen molar-refractivity contribution >= 4 is 29.4 Å². The summed E-state index contributed by atoms with van der Waals surface area (Å²) in [5.41, 5.74) is 2.47. The van der Waals surface area contributed by atoms with E-state index in [1.807, 2.05) is 52.8 Å². The van der Waals surface area contributed by atoms with E-state index in [0.29, 0.717) is 11.6 Å². The van der Waals surface area contributed by atoms with Gasteiger partial charge >= 0.3 is 6.09 Å². The highest BCUT2D eigenvalue weighted by Gasteiger charge is 2.37. The van der Waals surface area contributed by atoms with Gasteiger partial charge in [-0.2, -0.15) is 0 Å². The first-order valence-corrected chi connectivity index (χ1v) is 8.78. The smallest absolute Gasteiger partial charge is 0.411 e. The number of rotatable bonds is 2. The summed E-state index contributed by atoms with van der Waals surface area (Å²) >= 11 is 1.55. The second kappa shape index (κ2) is 6.83. The van der Waals surface area contributed by atoms with Gasteiger partial charge in [-0.3, -0.25) is 9.69 Å². The van der Waals surface area contributed by atoms with Crippen molar-refractivity contribution in [2.45, 2.75) is 46.3 Å². The first-order valence-electron chi connectivity index (χ1n) is 7.63. The molecule has 126 valence electrons. The van der Waals surface area contributed by atoms with Gasteiger partial charge in [-0.05, 0) is 57.9 Å². The zero-order chi connectivity index (χ0) is 17.2. The van der Waals surface area contributed by atoms with E-state index < -0.39 is 17.7 Å². The van der Waals surface area contributed by atoms with Gasteiger partial charge in [0.05, 0.1) is 5.88 Å². The summed E-state index contributed by atoms with van der Waals surface area (Å²) in [6.07, 6.45) is -0.442. The quantitative estimate of drug-likeness (QED) is 0.897. The van der Waals surface area contributed by atoms with Crippen LogP contribution in [0, 0.1) is 13.8 Å². The molecule has 1 aliphatic heterocycles. The van der Waals surface area contributed by atoms with E-state index in [9.17, 15) is 9.59 Å². The summed E-state index contributed by atoms with van der Waals surface area (Å²) in [5.74, 6) is 0.875. The van der Waals surface area contributed by atoms with Gasteiger partial charge in [-0.25, -0.2) is 4.79 Å². The van der Waals surface area contributed by atoms with Crippen LogP contribution in [0.2, 0.25) is 0 Å². The van der Waals surface area contributed by atoms with E-state index in [-0.39, 0.29) is 5.91 Å². The van der Waals surface area contributed by atoms with Crippen LogP contribution in [0.15, 0.2) is 18.2 Å². The number of benzene rings is 1. The predicted molar refractivity (Wildman–Crippen MR) is 93.7 cm³/mol. The van der Waals surface area contributed by atoms with Crippen molar-refractivity contribution in [1.82, 2.24) is 4.90 Å². The second-order valence-electron chi connectivity index (χ2n) is 6.75. The van der Waals surface area contributed by atoms with Crippen molar-refractivity contribution in [3.8, 4) is 0 Å². The van der Waals surface area contributed by atoms with Gasteiger partial charge in [0.2, 0.25) is 5.91 Å². The topological polar surface area (TPSA) is 58.6 Å². The molecule has 1 fully saturated rings. The molecule has 1 N–H and O–H groups in total. The molecule has 0 radical (unpaired) electrons. The van der Waals surface area contributed by atoms with Crippen molar-refractivity contribution < 1.29 is 14.3 Å². The number of hydrogen-bond acceptors (Lipinski definition) is 4. The number of anilines is 1. The monoisotopic (exact) mass is 336 g/mol. The van der Waals surface area contributed by atoms with E-state index in [1.54, 1.807) is 11.8 Å². The Balaban J connectivity index is 2.05. The molecular formula is C17H24N2O3S. The van der Waals surface area contributed by atoms with Crippen molar-refractivity contribution in [2.24, 2.45) is 0 Å². The highest BCUT2D eigenvalue weighted by molar-refractivity contribution is 7.99. The number of nitrogens with one attached hydrogen (secondary N) is 1. The molecule has 6 heteroatoms. The van der Waals surface area contributed by atoms with Crippen LogP contribution in [0.1, 0.15) is 31.9 Å². The first kappa shape index (κ1) is 17.7. The fourth-order valence-electron chi connectivity index (χ4n) is 2.21. The van der Waals surface area contributed by atoms with E-state index >= 15 is 0 Å². The molecule has 2 rings (SSSR count). The Kier molecular flexibility index (Phi) is 5.24. The molecule has 1 aromatic carbocycles. The second-order valence-corrected chi connectivity index (χ2v) is 7.75. The van der Waals surface area contributed by atoms with Gasteiger partial charge in [0, 0.05) is 11.4 Å². The average Bonchev–Trinajstić information content (AvgIpc) is 2.90. The van der Waals surface area contributed by atoms with Crippen LogP contribution in [0.5, 0.6) is 0 Å². The molecule has 0 bridgehead atoms. The molecular weight excluding hydrogens is 312 g/mol. The fraction of sp³-hybridized carbons (Fsp3) is 0.529. The lowest BCUT2D eigenvalue weighted by atomic mass is 10.1. The SMILES string of the molecule is Cc1ccc(NC(=O)C2CSCN2C(=O)OC(C)(C)C)cc1C. The van der Waals surface area contributed by atoms with Crippen LogP contribution in [-0.4, -0.2) is 40.2 Å². The minimum Gasteiger partial charge on any atom is -0.444 e. The molecule has 1 aromatic rings. The molecule has 0 aliphatic carbocycles. The van der Waals surface area contributed by atoms with Gasteiger partial charge in [0.1, 0.15) is 11.6 Å². The molecule has 1 heterocycles. The Morgan fingerprint density at radius 2 is 1.96 bits per heavy atom. The summed E-state index contributed by atoms with van der Waals surface area (Å²) in [6.45, 7) is 9.48. The number of aryl methyl sites for hydroxylation is 2. The molecule has 0 aromatic heterocycles. The van der Waals surface area contributed by atoms with Gasteiger partial charge in [-0.15, -0.1) is 11.8 Å². The summed E-state index contributed by atoms with van der Waals surface area (Å²) in [5, 5.41) is 2.90. The van der Waals surface area contributed by atoms with Crippen LogP contribution in [-0.2, 0) is 9.53 Å². The average molecular weight is 336 g/mol. The fourth-order valence-corrected chi connectivity index (χ4v) is 3.35. The lowest BCUT2D eigenvalue weighted by Gasteiger charge is -2.27. The number of carbonyl (C=O) groups is 2. The minimum absolute atomic E-state index is 0.177. The largest absolute Gasteiger partial charge is 0.444 e. The Morgan fingerprint density at radius 1 is 1.26 bits per heavy atom. The third-order valence-corrected chi connectivity index (χ3v) is 4.60. The number of carbonyl (C=O) groups excluding carboxylic acids is 2. The van der Waals surface area contributed by atoms with Crippen LogP contribution < -0.4 is 5.32 Å². The Morgan fingerprint density at radius 3 is 2.57 bits per heavy atom. The van der Waals surface area contributed by atoms with Gasteiger partial charge in [0.25, 0.3) is 0 Å².